The van der Waals surface area contributed by atoms with Crippen LogP contribution in [0.3, 0.4) is 0 Å². The minimum absolute atomic E-state index is 0.124. The smallest absolute Gasteiger partial charge is 0.311 e. The molecule has 2 heterocycles. The summed E-state index contributed by atoms with van der Waals surface area (Å²) in [4.78, 5) is 34.1. The molecule has 2 aromatic carbocycles. The summed E-state index contributed by atoms with van der Waals surface area (Å²) in [7, 11) is 0. The molecule has 0 spiro atoms. The molecule has 1 aliphatic rings. The highest BCUT2D eigenvalue weighted by Gasteiger charge is 2.43. The Balaban J connectivity index is 1.53. The maximum atomic E-state index is 13.0. The number of benzene rings is 2. The molecule has 4 rings (SSSR count). The molecule has 144 valence electrons. The Hall–Kier alpha value is -3.15. The normalized spacial score (nSPS) is 19.6. The molecular formula is C22H23N3O3. The van der Waals surface area contributed by atoms with E-state index in [4.69, 9.17) is 0 Å². The first kappa shape index (κ1) is 18.2. The van der Waals surface area contributed by atoms with Gasteiger partial charge >= 0.3 is 5.97 Å². The van der Waals surface area contributed by atoms with Crippen molar-refractivity contribution in [2.75, 3.05) is 13.1 Å². The van der Waals surface area contributed by atoms with Crippen LogP contribution in [0, 0.1) is 5.41 Å². The average molecular weight is 377 g/mol. The Bertz CT molecular complexity index is 998. The number of hydrogen-bond donors (Lipinski definition) is 2. The van der Waals surface area contributed by atoms with E-state index in [9.17, 15) is 14.7 Å². The number of imidazole rings is 1. The standard InChI is InChI=1S/C22H23N3O3/c26-20(17-7-8-18-19(13-17)24-15-23-18)25-12-4-10-22(14-25,21(27)28)11-9-16-5-2-1-3-6-16/h1-3,5-8,13,15H,4,9-12,14H2,(H,23,24)(H,27,28)/t22-/m1/s1. The molecule has 1 fully saturated rings. The van der Waals surface area contributed by atoms with Crippen LogP contribution in [-0.2, 0) is 11.2 Å². The van der Waals surface area contributed by atoms with Crippen LogP contribution in [0.25, 0.3) is 11.0 Å². The molecule has 0 saturated carbocycles. The van der Waals surface area contributed by atoms with Gasteiger partial charge in [-0.1, -0.05) is 30.3 Å². The number of rotatable bonds is 5. The maximum Gasteiger partial charge on any atom is 0.311 e. The Morgan fingerprint density at radius 3 is 2.79 bits per heavy atom. The highest BCUT2D eigenvalue weighted by atomic mass is 16.4. The number of nitrogens with zero attached hydrogens (tertiary/aromatic N) is 2. The van der Waals surface area contributed by atoms with Gasteiger partial charge in [-0.05, 0) is 49.4 Å². The number of H-pyrrole nitrogens is 1. The van der Waals surface area contributed by atoms with E-state index in [1.807, 2.05) is 36.4 Å². The summed E-state index contributed by atoms with van der Waals surface area (Å²) in [5.41, 5.74) is 2.38. The number of aromatic nitrogens is 2. The van der Waals surface area contributed by atoms with Gasteiger partial charge in [0.15, 0.2) is 0 Å². The zero-order valence-electron chi connectivity index (χ0n) is 15.6. The molecule has 0 bridgehead atoms. The van der Waals surface area contributed by atoms with Crippen LogP contribution < -0.4 is 0 Å². The molecule has 28 heavy (non-hydrogen) atoms. The fourth-order valence-electron chi connectivity index (χ4n) is 4.07. The summed E-state index contributed by atoms with van der Waals surface area (Å²) in [5, 5.41) is 10.00. The molecule has 1 saturated heterocycles. The van der Waals surface area contributed by atoms with Gasteiger partial charge in [-0.25, -0.2) is 4.98 Å². The van der Waals surface area contributed by atoms with Gasteiger partial charge in [0.1, 0.15) is 0 Å². The van der Waals surface area contributed by atoms with Crippen molar-refractivity contribution >= 4 is 22.9 Å². The number of carbonyl (C=O) groups excluding carboxylic acids is 1. The fourth-order valence-corrected chi connectivity index (χ4v) is 4.07. The first-order valence-electron chi connectivity index (χ1n) is 9.57. The summed E-state index contributed by atoms with van der Waals surface area (Å²) >= 11 is 0. The number of fused-ring (bicyclic) bond motifs is 1. The van der Waals surface area contributed by atoms with Gasteiger partial charge < -0.3 is 15.0 Å². The molecule has 1 aliphatic heterocycles. The van der Waals surface area contributed by atoms with E-state index >= 15 is 0 Å². The van der Waals surface area contributed by atoms with Crippen LogP contribution >= 0.6 is 0 Å². The second kappa shape index (κ2) is 7.46. The fraction of sp³-hybridized carbons (Fsp3) is 0.318. The van der Waals surface area contributed by atoms with Gasteiger partial charge in [0.2, 0.25) is 0 Å². The van der Waals surface area contributed by atoms with Crippen LogP contribution in [-0.4, -0.2) is 44.9 Å². The number of hydrogen-bond acceptors (Lipinski definition) is 3. The average Bonchev–Trinajstić information content (AvgIpc) is 3.20. The molecule has 0 unspecified atom stereocenters. The minimum atomic E-state index is -0.901. The number of nitrogens with one attached hydrogen (secondary N) is 1. The van der Waals surface area contributed by atoms with Gasteiger partial charge in [0, 0.05) is 18.7 Å². The number of likely N-dealkylation sites (tertiary alicyclic amines) is 1. The largest absolute Gasteiger partial charge is 0.481 e. The SMILES string of the molecule is O=C(c1ccc2nc[nH]c2c1)N1CCC[C@](CCc2ccccc2)(C(=O)O)C1. The number of carboxylic acid groups (broad SMARTS) is 1. The number of aryl methyl sites for hydroxylation is 1. The zero-order valence-corrected chi connectivity index (χ0v) is 15.6. The van der Waals surface area contributed by atoms with Crippen molar-refractivity contribution in [2.45, 2.75) is 25.7 Å². The molecule has 1 atom stereocenters. The van der Waals surface area contributed by atoms with E-state index in [0.29, 0.717) is 37.8 Å². The first-order chi connectivity index (χ1) is 13.6. The predicted octanol–water partition coefficient (Wildman–Crippen LogP) is 3.50. The lowest BCUT2D eigenvalue weighted by molar-refractivity contribution is -0.152. The maximum absolute atomic E-state index is 13.0. The summed E-state index contributed by atoms with van der Waals surface area (Å²) in [6, 6.07) is 15.3. The molecule has 1 amide bonds. The van der Waals surface area contributed by atoms with E-state index in [1.54, 1.807) is 23.4 Å². The Morgan fingerprint density at radius 1 is 1.18 bits per heavy atom. The number of carbonyl (C=O) groups is 2. The van der Waals surface area contributed by atoms with Gasteiger partial charge in [-0.3, -0.25) is 9.59 Å². The van der Waals surface area contributed by atoms with Crippen molar-refractivity contribution in [3.63, 3.8) is 0 Å². The van der Waals surface area contributed by atoms with E-state index < -0.39 is 11.4 Å². The van der Waals surface area contributed by atoms with Crippen LogP contribution in [0.4, 0.5) is 0 Å². The summed E-state index contributed by atoms with van der Waals surface area (Å²) < 4.78 is 0. The highest BCUT2D eigenvalue weighted by Crippen LogP contribution is 2.36. The number of piperidine rings is 1. The quantitative estimate of drug-likeness (QED) is 0.712. The molecule has 0 radical (unpaired) electrons. The van der Waals surface area contributed by atoms with Crippen molar-refractivity contribution < 1.29 is 14.7 Å². The van der Waals surface area contributed by atoms with Crippen LogP contribution in [0.5, 0.6) is 0 Å². The van der Waals surface area contributed by atoms with Crippen LogP contribution in [0.1, 0.15) is 35.2 Å². The summed E-state index contributed by atoms with van der Waals surface area (Å²) in [5.74, 6) is -0.938. The van der Waals surface area contributed by atoms with Crippen molar-refractivity contribution in [1.29, 1.82) is 0 Å². The minimum Gasteiger partial charge on any atom is -0.481 e. The lowest BCUT2D eigenvalue weighted by Crippen LogP contribution is -2.50. The molecule has 6 heteroatoms. The van der Waals surface area contributed by atoms with Crippen molar-refractivity contribution in [3.05, 3.63) is 66.0 Å². The molecule has 6 nitrogen and oxygen atoms in total. The Kier molecular flexibility index (Phi) is 4.86. The number of aromatic amines is 1. The lowest BCUT2D eigenvalue weighted by Gasteiger charge is -2.40. The lowest BCUT2D eigenvalue weighted by atomic mass is 9.75. The zero-order chi connectivity index (χ0) is 19.6. The summed E-state index contributed by atoms with van der Waals surface area (Å²) in [6.07, 6.45) is 4.10. The predicted molar refractivity (Wildman–Crippen MR) is 106 cm³/mol. The number of aliphatic carboxylic acids is 1. The van der Waals surface area contributed by atoms with Gasteiger partial charge in [-0.15, -0.1) is 0 Å². The van der Waals surface area contributed by atoms with Crippen LogP contribution in [0.15, 0.2) is 54.9 Å². The van der Waals surface area contributed by atoms with Gasteiger partial charge in [-0.2, -0.15) is 0 Å². The highest BCUT2D eigenvalue weighted by molar-refractivity contribution is 5.97. The van der Waals surface area contributed by atoms with E-state index in [1.165, 1.54) is 0 Å². The monoisotopic (exact) mass is 377 g/mol. The van der Waals surface area contributed by atoms with E-state index in [0.717, 1.165) is 16.6 Å². The van der Waals surface area contributed by atoms with Gasteiger partial charge in [0.25, 0.3) is 5.91 Å². The van der Waals surface area contributed by atoms with E-state index in [-0.39, 0.29) is 12.5 Å². The third kappa shape index (κ3) is 3.50. The Morgan fingerprint density at radius 2 is 2.00 bits per heavy atom. The molecular weight excluding hydrogens is 354 g/mol. The third-order valence-electron chi connectivity index (χ3n) is 5.72. The third-order valence-corrected chi connectivity index (χ3v) is 5.72. The first-order valence-corrected chi connectivity index (χ1v) is 9.57. The number of amides is 1. The second-order valence-electron chi connectivity index (χ2n) is 7.54. The van der Waals surface area contributed by atoms with Crippen molar-refractivity contribution in [1.82, 2.24) is 14.9 Å². The molecule has 3 aromatic rings. The van der Waals surface area contributed by atoms with Crippen molar-refractivity contribution in [2.24, 2.45) is 5.41 Å². The van der Waals surface area contributed by atoms with E-state index in [2.05, 4.69) is 9.97 Å². The Labute approximate surface area is 163 Å². The molecule has 2 N–H and O–H groups in total. The molecule has 1 aromatic heterocycles. The topological polar surface area (TPSA) is 86.3 Å². The van der Waals surface area contributed by atoms with Crippen LogP contribution in [0.2, 0.25) is 0 Å². The van der Waals surface area contributed by atoms with Crippen molar-refractivity contribution in [3.8, 4) is 0 Å². The summed E-state index contributed by atoms with van der Waals surface area (Å²) in [6.45, 7) is 0.829. The number of carboxylic acids is 1. The second-order valence-corrected chi connectivity index (χ2v) is 7.54. The van der Waals surface area contributed by atoms with Gasteiger partial charge in [0.05, 0.1) is 22.8 Å². The molecule has 0 aliphatic carbocycles.